The van der Waals surface area contributed by atoms with Crippen LogP contribution in [0, 0.1) is 5.92 Å². The van der Waals surface area contributed by atoms with Crippen LogP contribution < -0.4 is 5.73 Å². The van der Waals surface area contributed by atoms with Crippen molar-refractivity contribution in [1.29, 1.82) is 0 Å². The standard InChI is InChI=1S/C10H15F3N2O3/c1-9(14,10(11,12)13)8(18)15-3-2-6(5-15)4-7(16)17/h6H,2-5,14H2,1H3,(H,16,17). The Morgan fingerprint density at radius 2 is 2.00 bits per heavy atom. The molecule has 1 aliphatic rings. The highest BCUT2D eigenvalue weighted by atomic mass is 19.4. The summed E-state index contributed by atoms with van der Waals surface area (Å²) >= 11 is 0. The molecule has 1 saturated heterocycles. The Morgan fingerprint density at radius 3 is 2.44 bits per heavy atom. The molecule has 1 aliphatic heterocycles. The lowest BCUT2D eigenvalue weighted by molar-refractivity contribution is -0.193. The van der Waals surface area contributed by atoms with Crippen molar-refractivity contribution in [2.24, 2.45) is 11.7 Å². The maximum Gasteiger partial charge on any atom is 0.415 e. The third-order valence-electron chi connectivity index (χ3n) is 3.07. The maximum atomic E-state index is 12.6. The van der Waals surface area contributed by atoms with Crippen molar-refractivity contribution in [2.75, 3.05) is 13.1 Å². The van der Waals surface area contributed by atoms with E-state index in [9.17, 15) is 22.8 Å². The number of aliphatic carboxylic acids is 1. The zero-order valence-corrected chi connectivity index (χ0v) is 9.83. The van der Waals surface area contributed by atoms with Crippen LogP contribution in [0.25, 0.3) is 0 Å². The van der Waals surface area contributed by atoms with Gasteiger partial charge in [0, 0.05) is 19.5 Å². The van der Waals surface area contributed by atoms with E-state index < -0.39 is 23.6 Å². The van der Waals surface area contributed by atoms with Crippen molar-refractivity contribution in [3.05, 3.63) is 0 Å². The number of carbonyl (C=O) groups excluding carboxylic acids is 1. The Hall–Kier alpha value is -1.31. The SMILES string of the molecule is CC(N)(C(=O)N1CCC(CC(=O)O)C1)C(F)(F)F. The summed E-state index contributed by atoms with van der Waals surface area (Å²) in [6.45, 7) is 0.744. The van der Waals surface area contributed by atoms with Crippen molar-refractivity contribution in [3.63, 3.8) is 0 Å². The van der Waals surface area contributed by atoms with E-state index in [2.05, 4.69) is 0 Å². The summed E-state index contributed by atoms with van der Waals surface area (Å²) in [4.78, 5) is 23.1. The number of alkyl halides is 3. The summed E-state index contributed by atoms with van der Waals surface area (Å²) in [5.74, 6) is -2.54. The highest BCUT2D eigenvalue weighted by Crippen LogP contribution is 2.31. The van der Waals surface area contributed by atoms with Gasteiger partial charge in [0.05, 0.1) is 0 Å². The molecular weight excluding hydrogens is 253 g/mol. The molecule has 2 atom stereocenters. The van der Waals surface area contributed by atoms with Crippen LogP contribution in [0.1, 0.15) is 19.8 Å². The van der Waals surface area contributed by atoms with Gasteiger partial charge < -0.3 is 15.7 Å². The van der Waals surface area contributed by atoms with Gasteiger partial charge in [0.2, 0.25) is 0 Å². The van der Waals surface area contributed by atoms with Gasteiger partial charge in [0.15, 0.2) is 5.54 Å². The molecule has 0 saturated carbocycles. The summed E-state index contributed by atoms with van der Waals surface area (Å²) < 4.78 is 37.7. The average molecular weight is 268 g/mol. The molecule has 0 aliphatic carbocycles. The molecule has 1 fully saturated rings. The number of rotatable bonds is 3. The normalized spacial score (nSPS) is 23.8. The molecule has 1 rings (SSSR count). The number of halogens is 3. The second kappa shape index (κ2) is 4.75. The minimum absolute atomic E-state index is 0.00794. The smallest absolute Gasteiger partial charge is 0.415 e. The van der Waals surface area contributed by atoms with Crippen molar-refractivity contribution in [1.82, 2.24) is 4.90 Å². The van der Waals surface area contributed by atoms with Gasteiger partial charge in [-0.1, -0.05) is 0 Å². The van der Waals surface area contributed by atoms with E-state index in [1.807, 2.05) is 0 Å². The molecule has 8 heteroatoms. The van der Waals surface area contributed by atoms with Crippen LogP contribution in [0.15, 0.2) is 0 Å². The maximum absolute atomic E-state index is 12.6. The highest BCUT2D eigenvalue weighted by Gasteiger charge is 2.55. The zero-order valence-electron chi connectivity index (χ0n) is 9.83. The molecule has 0 radical (unpaired) electrons. The number of nitrogens with two attached hydrogens (primary N) is 1. The topological polar surface area (TPSA) is 83.6 Å². The van der Waals surface area contributed by atoms with E-state index in [0.29, 0.717) is 13.3 Å². The van der Waals surface area contributed by atoms with E-state index in [-0.39, 0.29) is 25.4 Å². The van der Waals surface area contributed by atoms with Crippen LogP contribution in [0.3, 0.4) is 0 Å². The van der Waals surface area contributed by atoms with E-state index in [1.54, 1.807) is 0 Å². The quantitative estimate of drug-likeness (QED) is 0.784. The number of hydrogen-bond donors (Lipinski definition) is 2. The molecule has 5 nitrogen and oxygen atoms in total. The zero-order chi connectivity index (χ0) is 14.1. The molecule has 104 valence electrons. The first-order valence-electron chi connectivity index (χ1n) is 5.42. The summed E-state index contributed by atoms with van der Waals surface area (Å²) in [5, 5.41) is 8.58. The monoisotopic (exact) mass is 268 g/mol. The van der Waals surface area contributed by atoms with Crippen molar-refractivity contribution < 1.29 is 27.9 Å². The van der Waals surface area contributed by atoms with Crippen molar-refractivity contribution in [2.45, 2.75) is 31.5 Å². The van der Waals surface area contributed by atoms with Gasteiger partial charge in [-0.3, -0.25) is 9.59 Å². The molecule has 0 aromatic carbocycles. The van der Waals surface area contributed by atoms with Gasteiger partial charge in [0.25, 0.3) is 5.91 Å². The van der Waals surface area contributed by atoms with Gasteiger partial charge in [-0.15, -0.1) is 0 Å². The molecule has 0 aromatic heterocycles. The van der Waals surface area contributed by atoms with Gasteiger partial charge in [0.1, 0.15) is 0 Å². The largest absolute Gasteiger partial charge is 0.481 e. The number of carboxylic acid groups (broad SMARTS) is 1. The Balaban J connectivity index is 2.68. The molecule has 3 N–H and O–H groups in total. The first-order valence-corrected chi connectivity index (χ1v) is 5.42. The summed E-state index contributed by atoms with van der Waals surface area (Å²) in [7, 11) is 0. The Kier molecular flexibility index (Phi) is 3.89. The fraction of sp³-hybridized carbons (Fsp3) is 0.800. The van der Waals surface area contributed by atoms with E-state index >= 15 is 0 Å². The van der Waals surface area contributed by atoms with Crippen molar-refractivity contribution in [3.8, 4) is 0 Å². The predicted molar refractivity (Wildman–Crippen MR) is 55.6 cm³/mol. The summed E-state index contributed by atoms with van der Waals surface area (Å²) in [5.41, 5.74) is 2.11. The molecule has 18 heavy (non-hydrogen) atoms. The number of hydrogen-bond acceptors (Lipinski definition) is 3. The molecular formula is C10H15F3N2O3. The Labute approximate surface area is 102 Å². The van der Waals surface area contributed by atoms with Gasteiger partial charge in [-0.05, 0) is 19.3 Å². The lowest BCUT2D eigenvalue weighted by atomic mass is 10.0. The van der Waals surface area contributed by atoms with Crippen LogP contribution in [0.2, 0.25) is 0 Å². The number of carbonyl (C=O) groups is 2. The lowest BCUT2D eigenvalue weighted by Crippen LogP contribution is -2.61. The molecule has 1 amide bonds. The average Bonchev–Trinajstić information content (AvgIpc) is 2.62. The Bertz CT molecular complexity index is 355. The third-order valence-corrected chi connectivity index (χ3v) is 3.07. The first kappa shape index (κ1) is 14.7. The number of amides is 1. The second-order valence-electron chi connectivity index (χ2n) is 4.70. The van der Waals surface area contributed by atoms with Crippen LogP contribution in [0.5, 0.6) is 0 Å². The van der Waals surface area contributed by atoms with Crippen molar-refractivity contribution >= 4 is 11.9 Å². The van der Waals surface area contributed by atoms with Gasteiger partial charge in [-0.25, -0.2) is 0 Å². The number of likely N-dealkylation sites (tertiary alicyclic amines) is 1. The lowest BCUT2D eigenvalue weighted by Gasteiger charge is -2.30. The number of carboxylic acids is 1. The van der Waals surface area contributed by atoms with Crippen LogP contribution >= 0.6 is 0 Å². The number of nitrogens with zero attached hydrogens (tertiary/aromatic N) is 1. The van der Waals surface area contributed by atoms with Gasteiger partial charge >= 0.3 is 12.1 Å². The molecule has 0 bridgehead atoms. The minimum atomic E-state index is -4.82. The van der Waals surface area contributed by atoms with Crippen LogP contribution in [0.4, 0.5) is 13.2 Å². The second-order valence-corrected chi connectivity index (χ2v) is 4.70. The van der Waals surface area contributed by atoms with E-state index in [1.165, 1.54) is 0 Å². The fourth-order valence-corrected chi connectivity index (χ4v) is 1.88. The fourth-order valence-electron chi connectivity index (χ4n) is 1.88. The van der Waals surface area contributed by atoms with Gasteiger partial charge in [-0.2, -0.15) is 13.2 Å². The molecule has 0 aromatic rings. The molecule has 0 spiro atoms. The van der Waals surface area contributed by atoms with E-state index in [4.69, 9.17) is 10.8 Å². The third kappa shape index (κ3) is 2.92. The van der Waals surface area contributed by atoms with E-state index in [0.717, 1.165) is 4.90 Å². The molecule has 2 unspecified atom stereocenters. The van der Waals surface area contributed by atoms with Crippen LogP contribution in [-0.4, -0.2) is 46.7 Å². The highest BCUT2D eigenvalue weighted by molar-refractivity contribution is 5.87. The molecule has 1 heterocycles. The minimum Gasteiger partial charge on any atom is -0.481 e. The van der Waals surface area contributed by atoms with Crippen LogP contribution in [-0.2, 0) is 9.59 Å². The summed E-state index contributed by atoms with van der Waals surface area (Å²) in [6, 6.07) is 0. The first-order chi connectivity index (χ1) is 8.05. The summed E-state index contributed by atoms with van der Waals surface area (Å²) in [6.07, 6.45) is -4.60. The predicted octanol–water partition coefficient (Wildman–Crippen LogP) is 0.589. The Morgan fingerprint density at radius 1 is 1.44 bits per heavy atom.